The van der Waals surface area contributed by atoms with Crippen LogP contribution in [0.1, 0.15) is 11.1 Å². The van der Waals surface area contributed by atoms with Crippen LogP contribution >= 0.6 is 0 Å². The highest BCUT2D eigenvalue weighted by Gasteiger charge is 2.18. The number of carbonyl (C=O) groups is 1. The van der Waals surface area contributed by atoms with E-state index in [1.165, 1.54) is 29.4 Å². The molecule has 0 heterocycles. The van der Waals surface area contributed by atoms with E-state index >= 15 is 0 Å². The second-order valence-electron chi connectivity index (χ2n) is 5.65. The molecule has 120 valence electrons. The van der Waals surface area contributed by atoms with Crippen LogP contribution in [0.25, 0.3) is 11.1 Å². The lowest BCUT2D eigenvalue weighted by Crippen LogP contribution is -2.37. The highest BCUT2D eigenvalue weighted by Crippen LogP contribution is 2.37. The number of anilines is 1. The molecule has 0 aromatic heterocycles. The van der Waals surface area contributed by atoms with E-state index in [4.69, 9.17) is 4.74 Å². The van der Waals surface area contributed by atoms with Crippen LogP contribution in [0.3, 0.4) is 0 Å². The molecule has 2 aromatic carbocycles. The fourth-order valence-corrected chi connectivity index (χ4v) is 2.86. The van der Waals surface area contributed by atoms with E-state index in [9.17, 15) is 9.90 Å². The number of rotatable bonds is 5. The van der Waals surface area contributed by atoms with Gasteiger partial charge in [-0.2, -0.15) is 0 Å². The third-order valence-electron chi connectivity index (χ3n) is 3.91. The Morgan fingerprint density at radius 3 is 2.83 bits per heavy atom. The van der Waals surface area contributed by atoms with Gasteiger partial charge in [-0.25, -0.2) is 4.79 Å². The lowest BCUT2D eigenvalue weighted by atomic mass is 10.1. The Morgan fingerprint density at radius 1 is 1.22 bits per heavy atom. The standard InChI is InChI=1S/C18H20N2O3/c1-23-11-15(21)10-19-18(22)20-14-6-7-17-13(9-14)8-12-4-2-3-5-16(12)17/h2-7,9,15,21H,8,10-11H2,1H3,(H2,19,20,22)/t15-/m1/s1. The maximum absolute atomic E-state index is 11.9. The van der Waals surface area contributed by atoms with Crippen molar-refractivity contribution in [3.63, 3.8) is 0 Å². The molecule has 3 rings (SSSR count). The first-order chi connectivity index (χ1) is 11.2. The predicted molar refractivity (Wildman–Crippen MR) is 89.6 cm³/mol. The topological polar surface area (TPSA) is 70.6 Å². The van der Waals surface area contributed by atoms with Gasteiger partial charge >= 0.3 is 6.03 Å². The Balaban J connectivity index is 1.63. The first kappa shape index (κ1) is 15.5. The van der Waals surface area contributed by atoms with E-state index < -0.39 is 6.10 Å². The largest absolute Gasteiger partial charge is 0.389 e. The van der Waals surface area contributed by atoms with Gasteiger partial charge in [0.25, 0.3) is 0 Å². The number of amides is 2. The Hall–Kier alpha value is -2.37. The number of urea groups is 1. The van der Waals surface area contributed by atoms with Crippen molar-refractivity contribution in [2.45, 2.75) is 12.5 Å². The predicted octanol–water partition coefficient (Wildman–Crippen LogP) is 2.39. The van der Waals surface area contributed by atoms with Crippen LogP contribution in [0.15, 0.2) is 42.5 Å². The van der Waals surface area contributed by atoms with Crippen molar-refractivity contribution < 1.29 is 14.6 Å². The van der Waals surface area contributed by atoms with Crippen LogP contribution in [-0.2, 0) is 11.2 Å². The van der Waals surface area contributed by atoms with Gasteiger partial charge in [0.1, 0.15) is 0 Å². The molecule has 0 fully saturated rings. The van der Waals surface area contributed by atoms with E-state index in [-0.39, 0.29) is 19.2 Å². The first-order valence-corrected chi connectivity index (χ1v) is 7.60. The molecule has 0 unspecified atom stereocenters. The molecule has 1 aliphatic rings. The molecule has 2 aromatic rings. The summed E-state index contributed by atoms with van der Waals surface area (Å²) >= 11 is 0. The number of hydrogen-bond acceptors (Lipinski definition) is 3. The molecule has 0 saturated heterocycles. The van der Waals surface area contributed by atoms with Crippen LogP contribution in [-0.4, -0.2) is 37.5 Å². The highest BCUT2D eigenvalue weighted by atomic mass is 16.5. The van der Waals surface area contributed by atoms with Gasteiger partial charge in [-0.1, -0.05) is 30.3 Å². The monoisotopic (exact) mass is 312 g/mol. The average molecular weight is 312 g/mol. The summed E-state index contributed by atoms with van der Waals surface area (Å²) in [6.45, 7) is 0.341. The van der Waals surface area contributed by atoms with Crippen LogP contribution < -0.4 is 10.6 Å². The Labute approximate surface area is 135 Å². The van der Waals surface area contributed by atoms with E-state index in [0.29, 0.717) is 0 Å². The van der Waals surface area contributed by atoms with Gasteiger partial charge in [0.2, 0.25) is 0 Å². The molecule has 3 N–H and O–H groups in total. The van der Waals surface area contributed by atoms with Crippen molar-refractivity contribution >= 4 is 11.7 Å². The normalized spacial score (nSPS) is 13.1. The molecular weight excluding hydrogens is 292 g/mol. The summed E-state index contributed by atoms with van der Waals surface area (Å²) in [7, 11) is 1.51. The molecule has 1 atom stereocenters. The van der Waals surface area contributed by atoms with Gasteiger partial charge < -0.3 is 20.5 Å². The fourth-order valence-electron chi connectivity index (χ4n) is 2.86. The molecule has 23 heavy (non-hydrogen) atoms. The third-order valence-corrected chi connectivity index (χ3v) is 3.91. The number of methoxy groups -OCH3 is 1. The Morgan fingerprint density at radius 2 is 2.00 bits per heavy atom. The second-order valence-corrected chi connectivity index (χ2v) is 5.65. The minimum Gasteiger partial charge on any atom is -0.389 e. The molecule has 0 aliphatic heterocycles. The molecule has 1 aliphatic carbocycles. The number of carbonyl (C=O) groups excluding carboxylic acids is 1. The molecule has 0 radical (unpaired) electrons. The van der Waals surface area contributed by atoms with Crippen molar-refractivity contribution in [1.29, 1.82) is 0 Å². The quantitative estimate of drug-likeness (QED) is 0.677. The summed E-state index contributed by atoms with van der Waals surface area (Å²) in [5, 5.41) is 14.9. The highest BCUT2D eigenvalue weighted by molar-refractivity contribution is 5.90. The maximum atomic E-state index is 11.9. The summed E-state index contributed by atoms with van der Waals surface area (Å²) in [6.07, 6.45) is 0.176. The fraction of sp³-hybridized carbons (Fsp3) is 0.278. The summed E-state index contributed by atoms with van der Waals surface area (Å²) in [6, 6.07) is 13.9. The zero-order valence-electron chi connectivity index (χ0n) is 13.0. The van der Waals surface area contributed by atoms with Gasteiger partial charge in [0.15, 0.2) is 0 Å². The number of benzene rings is 2. The molecular formula is C18H20N2O3. The van der Waals surface area contributed by atoms with Crippen LogP contribution in [0.4, 0.5) is 10.5 Å². The molecule has 0 saturated carbocycles. The SMILES string of the molecule is COC[C@H](O)CNC(=O)Nc1ccc2c(c1)Cc1ccccc1-2. The minimum atomic E-state index is -0.708. The van der Waals surface area contributed by atoms with E-state index in [1.807, 2.05) is 30.3 Å². The number of hydrogen-bond donors (Lipinski definition) is 3. The zero-order valence-corrected chi connectivity index (χ0v) is 13.0. The van der Waals surface area contributed by atoms with E-state index in [1.54, 1.807) is 0 Å². The first-order valence-electron chi connectivity index (χ1n) is 7.60. The van der Waals surface area contributed by atoms with Gasteiger partial charge in [0.05, 0.1) is 12.7 Å². The van der Waals surface area contributed by atoms with Gasteiger partial charge in [0, 0.05) is 19.3 Å². The summed E-state index contributed by atoms with van der Waals surface area (Å²) < 4.78 is 4.81. The number of ether oxygens (including phenoxy) is 1. The van der Waals surface area contributed by atoms with Crippen molar-refractivity contribution in [2.24, 2.45) is 0 Å². The number of aliphatic hydroxyl groups excluding tert-OH is 1. The van der Waals surface area contributed by atoms with Gasteiger partial charge in [-0.05, 0) is 40.8 Å². The van der Waals surface area contributed by atoms with E-state index in [0.717, 1.165) is 12.1 Å². The third kappa shape index (κ3) is 3.52. The summed E-state index contributed by atoms with van der Waals surface area (Å²) in [4.78, 5) is 11.9. The average Bonchev–Trinajstić information content (AvgIpc) is 2.91. The lowest BCUT2D eigenvalue weighted by molar-refractivity contribution is 0.0663. The molecule has 0 bridgehead atoms. The van der Waals surface area contributed by atoms with Crippen molar-refractivity contribution in [3.05, 3.63) is 53.6 Å². The zero-order chi connectivity index (χ0) is 16.2. The van der Waals surface area contributed by atoms with Crippen molar-refractivity contribution in [3.8, 4) is 11.1 Å². The molecule has 0 spiro atoms. The summed E-state index contributed by atoms with van der Waals surface area (Å²) in [5.41, 5.74) is 5.76. The lowest BCUT2D eigenvalue weighted by Gasteiger charge is -2.12. The minimum absolute atomic E-state index is 0.149. The van der Waals surface area contributed by atoms with E-state index in [2.05, 4.69) is 22.8 Å². The second kappa shape index (κ2) is 6.81. The molecule has 2 amide bonds. The Kier molecular flexibility index (Phi) is 4.60. The summed E-state index contributed by atoms with van der Waals surface area (Å²) in [5.74, 6) is 0. The van der Waals surface area contributed by atoms with Crippen LogP contribution in [0.5, 0.6) is 0 Å². The number of aliphatic hydroxyl groups is 1. The maximum Gasteiger partial charge on any atom is 0.319 e. The van der Waals surface area contributed by atoms with Crippen LogP contribution in [0, 0.1) is 0 Å². The smallest absolute Gasteiger partial charge is 0.319 e. The Bertz CT molecular complexity index is 715. The molecule has 5 nitrogen and oxygen atoms in total. The van der Waals surface area contributed by atoms with Crippen molar-refractivity contribution in [2.75, 3.05) is 25.6 Å². The van der Waals surface area contributed by atoms with Crippen LogP contribution in [0.2, 0.25) is 0 Å². The number of fused-ring (bicyclic) bond motifs is 3. The van der Waals surface area contributed by atoms with Gasteiger partial charge in [-0.15, -0.1) is 0 Å². The molecule has 5 heteroatoms. The number of nitrogens with one attached hydrogen (secondary N) is 2. The van der Waals surface area contributed by atoms with Crippen molar-refractivity contribution in [1.82, 2.24) is 5.32 Å². The van der Waals surface area contributed by atoms with Gasteiger partial charge in [-0.3, -0.25) is 0 Å².